The summed E-state index contributed by atoms with van der Waals surface area (Å²) in [6.45, 7) is 0. The lowest BCUT2D eigenvalue weighted by Crippen LogP contribution is -2.12. The molecule has 8 heteroatoms. The third kappa shape index (κ3) is 3.22. The fourth-order valence-electron chi connectivity index (χ4n) is 3.17. The predicted molar refractivity (Wildman–Crippen MR) is 99.8 cm³/mol. The number of H-pyrrole nitrogens is 1. The van der Waals surface area contributed by atoms with Crippen LogP contribution in [-0.4, -0.2) is 28.8 Å². The number of carbonyl (C=O) groups is 2. The Labute approximate surface area is 162 Å². The molecule has 2 aromatic heterocycles. The zero-order chi connectivity index (χ0) is 20.8. The van der Waals surface area contributed by atoms with Gasteiger partial charge in [-0.05, 0) is 24.3 Å². The summed E-state index contributed by atoms with van der Waals surface area (Å²) in [4.78, 5) is 32.3. The van der Waals surface area contributed by atoms with Gasteiger partial charge >= 0.3 is 12.1 Å². The average Bonchev–Trinajstić information content (AvgIpc) is 3.10. The molecule has 2 heterocycles. The van der Waals surface area contributed by atoms with Gasteiger partial charge in [-0.3, -0.25) is 4.79 Å². The lowest BCUT2D eigenvalue weighted by atomic mass is 10.0. The number of halogens is 3. The topological polar surface area (TPSA) is 72.1 Å². The smallest absolute Gasteiger partial charge is 0.416 e. The Morgan fingerprint density at radius 3 is 2.34 bits per heavy atom. The Morgan fingerprint density at radius 2 is 1.69 bits per heavy atom. The molecular formula is C21H13F3N2O3. The van der Waals surface area contributed by atoms with Crippen LogP contribution in [0.3, 0.4) is 0 Å². The quantitative estimate of drug-likeness (QED) is 0.399. The van der Waals surface area contributed by atoms with Crippen LogP contribution in [0.15, 0.2) is 54.6 Å². The molecule has 146 valence electrons. The van der Waals surface area contributed by atoms with Crippen LogP contribution in [0, 0.1) is 0 Å². The number of fused-ring (bicyclic) bond motifs is 3. The highest BCUT2D eigenvalue weighted by atomic mass is 19.4. The average molecular weight is 398 g/mol. The number of rotatable bonds is 3. The van der Waals surface area contributed by atoms with Crippen molar-refractivity contribution in [3.8, 4) is 0 Å². The number of aromatic amines is 1. The molecule has 0 atom stereocenters. The van der Waals surface area contributed by atoms with E-state index in [1.165, 1.54) is 13.2 Å². The number of carbonyl (C=O) groups excluding carboxylic acids is 2. The summed E-state index contributed by atoms with van der Waals surface area (Å²) in [5.74, 6) is -1.33. The van der Waals surface area contributed by atoms with Crippen molar-refractivity contribution < 1.29 is 27.5 Å². The van der Waals surface area contributed by atoms with Crippen LogP contribution >= 0.6 is 0 Å². The number of esters is 1. The van der Waals surface area contributed by atoms with E-state index in [0.29, 0.717) is 10.9 Å². The molecule has 5 nitrogen and oxygen atoms in total. The second-order valence-corrected chi connectivity index (χ2v) is 6.35. The van der Waals surface area contributed by atoms with Crippen molar-refractivity contribution >= 4 is 33.6 Å². The third-order valence-electron chi connectivity index (χ3n) is 4.58. The summed E-state index contributed by atoms with van der Waals surface area (Å²) < 4.78 is 43.1. The lowest BCUT2D eigenvalue weighted by Gasteiger charge is -2.08. The molecule has 0 aliphatic heterocycles. The molecule has 0 saturated heterocycles. The van der Waals surface area contributed by atoms with Gasteiger partial charge in [0, 0.05) is 21.9 Å². The maximum Gasteiger partial charge on any atom is 0.416 e. The van der Waals surface area contributed by atoms with E-state index in [0.717, 1.165) is 35.2 Å². The number of pyridine rings is 1. The number of nitrogens with one attached hydrogen (secondary N) is 1. The number of aromatic nitrogens is 2. The van der Waals surface area contributed by atoms with Crippen LogP contribution < -0.4 is 0 Å². The van der Waals surface area contributed by atoms with E-state index < -0.39 is 23.5 Å². The zero-order valence-corrected chi connectivity index (χ0v) is 15.0. The first-order valence-electron chi connectivity index (χ1n) is 8.51. The molecule has 0 fully saturated rings. The van der Waals surface area contributed by atoms with Crippen molar-refractivity contribution in [2.24, 2.45) is 0 Å². The van der Waals surface area contributed by atoms with Gasteiger partial charge in [0.25, 0.3) is 0 Å². The molecule has 0 saturated carbocycles. The monoisotopic (exact) mass is 398 g/mol. The van der Waals surface area contributed by atoms with Crippen LogP contribution in [0.25, 0.3) is 21.8 Å². The van der Waals surface area contributed by atoms with Crippen molar-refractivity contribution in [3.05, 3.63) is 77.1 Å². The van der Waals surface area contributed by atoms with Gasteiger partial charge in [-0.2, -0.15) is 13.2 Å². The van der Waals surface area contributed by atoms with E-state index in [4.69, 9.17) is 4.74 Å². The maximum absolute atomic E-state index is 13.0. The number of nitrogens with zero attached hydrogens (tertiary/aromatic N) is 1. The van der Waals surface area contributed by atoms with Crippen molar-refractivity contribution in [2.75, 3.05) is 7.11 Å². The number of benzene rings is 2. The SMILES string of the molecule is COC(=O)c1cc2c([nH]c3ccccc32)c(C(=O)c2ccc(C(F)(F)F)cc2)n1. The molecule has 4 rings (SSSR count). The minimum atomic E-state index is -4.50. The van der Waals surface area contributed by atoms with E-state index in [1.54, 1.807) is 6.07 Å². The van der Waals surface area contributed by atoms with Gasteiger partial charge in [0.2, 0.25) is 5.78 Å². The van der Waals surface area contributed by atoms with Crippen LogP contribution in [0.2, 0.25) is 0 Å². The highest BCUT2D eigenvalue weighted by molar-refractivity contribution is 6.19. The molecule has 0 bridgehead atoms. The second kappa shape index (κ2) is 6.73. The van der Waals surface area contributed by atoms with Crippen LogP contribution in [-0.2, 0) is 10.9 Å². The first kappa shape index (κ1) is 18.7. The fourth-order valence-corrected chi connectivity index (χ4v) is 3.17. The van der Waals surface area contributed by atoms with Gasteiger partial charge in [-0.1, -0.05) is 30.3 Å². The summed E-state index contributed by atoms with van der Waals surface area (Å²) in [6, 6.07) is 12.6. The normalized spacial score (nSPS) is 11.7. The Kier molecular flexibility index (Phi) is 4.34. The highest BCUT2D eigenvalue weighted by Gasteiger charge is 2.30. The number of para-hydroxylation sites is 1. The molecule has 2 aromatic carbocycles. The first-order valence-corrected chi connectivity index (χ1v) is 8.51. The van der Waals surface area contributed by atoms with Gasteiger partial charge in [-0.25, -0.2) is 9.78 Å². The van der Waals surface area contributed by atoms with Crippen LogP contribution in [0.4, 0.5) is 13.2 Å². The zero-order valence-electron chi connectivity index (χ0n) is 15.0. The number of hydrogen-bond acceptors (Lipinski definition) is 4. The van der Waals surface area contributed by atoms with Gasteiger partial charge < -0.3 is 9.72 Å². The van der Waals surface area contributed by atoms with E-state index in [2.05, 4.69) is 9.97 Å². The van der Waals surface area contributed by atoms with Crippen LogP contribution in [0.5, 0.6) is 0 Å². The fraction of sp³-hybridized carbons (Fsp3) is 0.0952. The van der Waals surface area contributed by atoms with Gasteiger partial charge in [-0.15, -0.1) is 0 Å². The standard InChI is InChI=1S/C21H13F3N2O3/c1-29-20(28)16-10-14-13-4-2-3-5-15(13)25-17(14)18(26-16)19(27)11-6-8-12(9-7-11)21(22,23)24/h2-10,25H,1H3. The van der Waals surface area contributed by atoms with Crippen LogP contribution in [0.1, 0.15) is 32.1 Å². The first-order chi connectivity index (χ1) is 13.8. The summed E-state index contributed by atoms with van der Waals surface area (Å²) in [6.07, 6.45) is -4.50. The number of ketones is 1. The minimum Gasteiger partial charge on any atom is -0.464 e. The third-order valence-corrected chi connectivity index (χ3v) is 4.58. The minimum absolute atomic E-state index is 0.0208. The summed E-state index contributed by atoms with van der Waals surface area (Å²) in [5, 5.41) is 1.36. The van der Waals surface area contributed by atoms with Crippen molar-refractivity contribution in [1.29, 1.82) is 0 Å². The molecule has 4 aromatic rings. The predicted octanol–water partition coefficient (Wildman–Crippen LogP) is 4.75. The number of ether oxygens (including phenoxy) is 1. The number of methoxy groups -OCH3 is 1. The van der Waals surface area contributed by atoms with E-state index in [9.17, 15) is 22.8 Å². The number of alkyl halides is 3. The highest BCUT2D eigenvalue weighted by Crippen LogP contribution is 2.31. The second-order valence-electron chi connectivity index (χ2n) is 6.35. The molecule has 1 N–H and O–H groups in total. The van der Waals surface area contributed by atoms with Gasteiger partial charge in [0.15, 0.2) is 0 Å². The maximum atomic E-state index is 13.0. The summed E-state index contributed by atoms with van der Waals surface area (Å²) >= 11 is 0. The van der Waals surface area contributed by atoms with E-state index in [1.807, 2.05) is 18.2 Å². The molecule has 0 aliphatic rings. The van der Waals surface area contributed by atoms with E-state index >= 15 is 0 Å². The number of hydrogen-bond donors (Lipinski definition) is 1. The Bertz CT molecular complexity index is 1260. The Morgan fingerprint density at radius 1 is 1.00 bits per heavy atom. The van der Waals surface area contributed by atoms with Gasteiger partial charge in [0.1, 0.15) is 11.4 Å². The van der Waals surface area contributed by atoms with Crippen molar-refractivity contribution in [1.82, 2.24) is 9.97 Å². The molecule has 0 radical (unpaired) electrons. The largest absolute Gasteiger partial charge is 0.464 e. The molecule has 0 unspecified atom stereocenters. The molecular weight excluding hydrogens is 385 g/mol. The Balaban J connectivity index is 1.91. The summed E-state index contributed by atoms with van der Waals surface area (Å²) in [7, 11) is 1.20. The Hall–Kier alpha value is -3.68. The van der Waals surface area contributed by atoms with Crippen molar-refractivity contribution in [3.63, 3.8) is 0 Å². The molecule has 29 heavy (non-hydrogen) atoms. The van der Waals surface area contributed by atoms with Gasteiger partial charge in [0.05, 0.1) is 18.2 Å². The van der Waals surface area contributed by atoms with E-state index in [-0.39, 0.29) is 17.0 Å². The summed E-state index contributed by atoms with van der Waals surface area (Å²) in [5.41, 5.74) is 0.143. The molecule has 0 spiro atoms. The van der Waals surface area contributed by atoms with Crippen molar-refractivity contribution in [2.45, 2.75) is 6.18 Å². The molecule has 0 aliphatic carbocycles. The lowest BCUT2D eigenvalue weighted by molar-refractivity contribution is -0.137. The molecule has 0 amide bonds.